The molecular weight excluding hydrogens is 473 g/mol. The van der Waals surface area contributed by atoms with Gasteiger partial charge in [-0.25, -0.2) is 5.10 Å². The molecule has 0 bridgehead atoms. The van der Waals surface area contributed by atoms with Gasteiger partial charge in [-0.05, 0) is 35.4 Å². The first-order valence-electron chi connectivity index (χ1n) is 9.88. The quantitative estimate of drug-likeness (QED) is 0.482. The molecule has 32 heavy (non-hydrogen) atoms. The van der Waals surface area contributed by atoms with Crippen molar-refractivity contribution in [1.82, 2.24) is 30.8 Å². The summed E-state index contributed by atoms with van der Waals surface area (Å²) >= 11 is 0. The van der Waals surface area contributed by atoms with Crippen molar-refractivity contribution >= 4 is 37.2 Å². The van der Waals surface area contributed by atoms with Crippen LogP contribution in [-0.2, 0) is 10.5 Å². The molecule has 8 nitrogen and oxygen atoms in total. The molecule has 0 radical (unpaired) electrons. The molecule has 3 aromatic rings. The number of rotatable bonds is 6. The monoisotopic (exact) mass is 501 g/mol. The number of benzene rings is 2. The normalized spacial score (nSPS) is 21.6. The third-order valence-electron chi connectivity index (χ3n) is 5.51. The van der Waals surface area contributed by atoms with Crippen molar-refractivity contribution in [2.75, 3.05) is 20.7 Å². The fourth-order valence-corrected chi connectivity index (χ4v) is 4.10. The van der Waals surface area contributed by atoms with Crippen LogP contribution in [0.4, 0.5) is 0 Å². The maximum Gasteiger partial charge on any atom is 0.240 e. The Labute approximate surface area is 206 Å². The molecule has 176 valence electrons. The first-order valence-corrected chi connectivity index (χ1v) is 9.88. The van der Waals surface area contributed by atoms with Gasteiger partial charge in [0.2, 0.25) is 5.62 Å². The van der Waals surface area contributed by atoms with Gasteiger partial charge in [0.05, 0.1) is 6.04 Å². The molecule has 1 unspecified atom stereocenters. The third-order valence-corrected chi connectivity index (χ3v) is 5.51. The lowest BCUT2D eigenvalue weighted by atomic mass is 9.87. The summed E-state index contributed by atoms with van der Waals surface area (Å²) in [5.74, 6) is 0. The Bertz CT molecular complexity index is 984. The number of tetrazole rings is 1. The summed E-state index contributed by atoms with van der Waals surface area (Å²) in [6.45, 7) is 0.892. The van der Waals surface area contributed by atoms with Gasteiger partial charge in [0.1, 0.15) is 6.17 Å². The SMILES string of the molecule is CN=c1[nH]nnn1C(N[C@H]1CCCN[C@]1(OC)c1ccccc1)c1ccccc1.Cl.Cl.Cl. The summed E-state index contributed by atoms with van der Waals surface area (Å²) in [7, 11) is 3.48. The molecular formula is C21H30Cl3N7O. The topological polar surface area (TPSA) is 92.2 Å². The number of aromatic nitrogens is 4. The van der Waals surface area contributed by atoms with Gasteiger partial charge < -0.3 is 4.74 Å². The van der Waals surface area contributed by atoms with Crippen LogP contribution in [0.3, 0.4) is 0 Å². The zero-order chi connectivity index (χ0) is 20.1. The fourth-order valence-electron chi connectivity index (χ4n) is 4.10. The van der Waals surface area contributed by atoms with E-state index in [0.29, 0.717) is 5.62 Å². The lowest BCUT2D eigenvalue weighted by Crippen LogP contribution is -2.62. The van der Waals surface area contributed by atoms with Crippen molar-refractivity contribution in [2.24, 2.45) is 4.99 Å². The van der Waals surface area contributed by atoms with Crippen LogP contribution in [-0.4, -0.2) is 47.0 Å². The van der Waals surface area contributed by atoms with Crippen molar-refractivity contribution in [1.29, 1.82) is 0 Å². The average Bonchev–Trinajstić information content (AvgIpc) is 3.27. The van der Waals surface area contributed by atoms with Crippen LogP contribution in [0, 0.1) is 0 Å². The van der Waals surface area contributed by atoms with E-state index in [1.807, 2.05) is 36.4 Å². The Morgan fingerprint density at radius 2 is 1.75 bits per heavy atom. The molecule has 0 amide bonds. The van der Waals surface area contributed by atoms with E-state index in [1.54, 1.807) is 18.8 Å². The molecule has 1 aliphatic rings. The largest absolute Gasteiger partial charge is 0.358 e. The number of nitrogens with zero attached hydrogens (tertiary/aromatic N) is 4. The first kappa shape index (κ1) is 28.1. The Balaban J connectivity index is 0.00000171. The molecule has 4 rings (SSSR count). The van der Waals surface area contributed by atoms with E-state index in [0.717, 1.165) is 30.5 Å². The highest BCUT2D eigenvalue weighted by Gasteiger charge is 2.43. The van der Waals surface area contributed by atoms with Crippen LogP contribution in [0.25, 0.3) is 0 Å². The van der Waals surface area contributed by atoms with Gasteiger partial charge in [0.15, 0.2) is 5.72 Å². The van der Waals surface area contributed by atoms with E-state index >= 15 is 0 Å². The number of piperidine rings is 1. The average molecular weight is 503 g/mol. The van der Waals surface area contributed by atoms with Crippen LogP contribution < -0.4 is 16.3 Å². The third kappa shape index (κ3) is 5.51. The van der Waals surface area contributed by atoms with Crippen molar-refractivity contribution < 1.29 is 4.74 Å². The maximum absolute atomic E-state index is 6.14. The van der Waals surface area contributed by atoms with Crippen LogP contribution in [0.15, 0.2) is 65.7 Å². The summed E-state index contributed by atoms with van der Waals surface area (Å²) in [5, 5.41) is 18.5. The van der Waals surface area contributed by atoms with Crippen molar-refractivity contribution in [2.45, 2.75) is 30.8 Å². The van der Waals surface area contributed by atoms with Gasteiger partial charge >= 0.3 is 0 Å². The van der Waals surface area contributed by atoms with Crippen LogP contribution in [0.5, 0.6) is 0 Å². The molecule has 0 aliphatic carbocycles. The number of hydrogen-bond donors (Lipinski definition) is 3. The second-order valence-electron chi connectivity index (χ2n) is 7.10. The van der Waals surface area contributed by atoms with Crippen LogP contribution in [0.1, 0.15) is 30.1 Å². The molecule has 1 fully saturated rings. The number of halogens is 3. The molecule has 1 aliphatic heterocycles. The number of methoxy groups -OCH3 is 1. The van der Waals surface area contributed by atoms with Crippen molar-refractivity contribution in [3.8, 4) is 0 Å². The van der Waals surface area contributed by atoms with Crippen LogP contribution >= 0.6 is 37.2 Å². The van der Waals surface area contributed by atoms with Gasteiger partial charge in [-0.1, -0.05) is 60.7 Å². The number of H-pyrrole nitrogens is 1. The van der Waals surface area contributed by atoms with Crippen molar-refractivity contribution in [3.05, 3.63) is 77.4 Å². The van der Waals surface area contributed by atoms with Crippen molar-refractivity contribution in [3.63, 3.8) is 0 Å². The summed E-state index contributed by atoms with van der Waals surface area (Å²) in [6, 6.07) is 20.5. The highest BCUT2D eigenvalue weighted by Crippen LogP contribution is 2.33. The predicted octanol–water partition coefficient (Wildman–Crippen LogP) is 2.79. The number of hydrogen-bond acceptors (Lipinski definition) is 6. The molecule has 11 heteroatoms. The Morgan fingerprint density at radius 3 is 2.38 bits per heavy atom. The summed E-state index contributed by atoms with van der Waals surface area (Å²) in [5.41, 5.74) is 2.12. The van der Waals surface area contributed by atoms with Gasteiger partial charge in [-0.3, -0.25) is 15.6 Å². The van der Waals surface area contributed by atoms with E-state index in [2.05, 4.69) is 55.4 Å². The summed E-state index contributed by atoms with van der Waals surface area (Å²) in [6.07, 6.45) is 1.75. The van der Waals surface area contributed by atoms with E-state index < -0.39 is 5.72 Å². The van der Waals surface area contributed by atoms with E-state index in [-0.39, 0.29) is 49.4 Å². The lowest BCUT2D eigenvalue weighted by molar-refractivity contribution is -0.0933. The zero-order valence-electron chi connectivity index (χ0n) is 18.0. The van der Waals surface area contributed by atoms with E-state index in [1.165, 1.54) is 0 Å². The Hall–Kier alpha value is -1.94. The highest BCUT2D eigenvalue weighted by atomic mass is 35.5. The summed E-state index contributed by atoms with van der Waals surface area (Å²) < 4.78 is 7.91. The maximum atomic E-state index is 6.14. The Morgan fingerprint density at radius 1 is 1.09 bits per heavy atom. The standard InChI is InChI=1S/C21H27N7O.3ClH/c1-22-20-25-26-27-28(20)19(16-10-5-3-6-11-16)24-18-14-9-15-23-21(18,29-2)17-12-7-4-8-13-17;;;/h3-8,10-13,18-19,23-24H,9,14-15H2,1-2H3,(H,22,25,27);3*1H/t18-,19?,21-;;;/m0.../s1. The fraction of sp³-hybridized carbons (Fsp3) is 0.381. The smallest absolute Gasteiger partial charge is 0.240 e. The van der Waals surface area contributed by atoms with Gasteiger partial charge in [-0.2, -0.15) is 4.68 Å². The molecule has 0 saturated carbocycles. The number of aromatic amines is 1. The van der Waals surface area contributed by atoms with E-state index in [4.69, 9.17) is 4.74 Å². The minimum absolute atomic E-state index is 0. The molecule has 1 saturated heterocycles. The highest BCUT2D eigenvalue weighted by molar-refractivity contribution is 5.86. The molecule has 1 aromatic heterocycles. The zero-order valence-corrected chi connectivity index (χ0v) is 20.4. The summed E-state index contributed by atoms with van der Waals surface area (Å²) in [4.78, 5) is 4.28. The Kier molecular flexibility index (Phi) is 11.4. The molecule has 0 spiro atoms. The van der Waals surface area contributed by atoms with Crippen LogP contribution in [0.2, 0.25) is 0 Å². The molecule has 2 aromatic carbocycles. The first-order chi connectivity index (χ1) is 14.3. The number of nitrogens with one attached hydrogen (secondary N) is 3. The minimum atomic E-state index is -0.639. The molecule has 2 heterocycles. The minimum Gasteiger partial charge on any atom is -0.358 e. The van der Waals surface area contributed by atoms with Gasteiger partial charge in [0, 0.05) is 19.7 Å². The second kappa shape index (κ2) is 12.9. The second-order valence-corrected chi connectivity index (χ2v) is 7.10. The van der Waals surface area contributed by atoms with E-state index in [9.17, 15) is 0 Å². The predicted molar refractivity (Wildman–Crippen MR) is 131 cm³/mol. The van der Waals surface area contributed by atoms with Gasteiger partial charge in [0.25, 0.3) is 0 Å². The molecule has 3 atom stereocenters. The lowest BCUT2D eigenvalue weighted by Gasteiger charge is -2.45. The van der Waals surface area contributed by atoms with Gasteiger partial charge in [-0.15, -0.1) is 37.2 Å². The number of ether oxygens (including phenoxy) is 1. The molecule has 3 N–H and O–H groups in total.